The molecule has 0 aliphatic rings. The first-order valence-electron chi connectivity index (χ1n) is 2.68. The van der Waals surface area contributed by atoms with Gasteiger partial charge >= 0.3 is 0 Å². The highest BCUT2D eigenvalue weighted by molar-refractivity contribution is 6.37. The van der Waals surface area contributed by atoms with E-state index in [-0.39, 0.29) is 5.38 Å². The Kier molecular flexibility index (Phi) is 4.39. The van der Waals surface area contributed by atoms with Gasteiger partial charge in [0.2, 0.25) is 0 Å². The highest BCUT2D eigenvalue weighted by Crippen LogP contribution is 2.13. The van der Waals surface area contributed by atoms with Gasteiger partial charge in [-0.05, 0) is 13.3 Å². The highest BCUT2D eigenvalue weighted by atomic mass is 35.5. The minimum atomic E-state index is -0.0309. The summed E-state index contributed by atoms with van der Waals surface area (Å²) in [5, 5.41) is 0.714. The van der Waals surface area contributed by atoms with Crippen molar-refractivity contribution in [2.45, 2.75) is 25.6 Å². The lowest BCUT2D eigenvalue weighted by molar-refractivity contribution is 1.14. The third kappa shape index (κ3) is 3.34. The van der Waals surface area contributed by atoms with Crippen molar-refractivity contribution in [3.8, 4) is 0 Å². The molecule has 0 N–H and O–H groups in total. The molecule has 0 fully saturated rings. The molecule has 0 aliphatic carbocycles. The predicted octanol–water partition coefficient (Wildman–Crippen LogP) is 3.15. The van der Waals surface area contributed by atoms with E-state index in [1.165, 1.54) is 0 Å². The maximum Gasteiger partial charge on any atom is 0.0660 e. The van der Waals surface area contributed by atoms with Crippen LogP contribution >= 0.6 is 23.2 Å². The maximum absolute atomic E-state index is 5.65. The molecule has 0 aromatic heterocycles. The van der Waals surface area contributed by atoms with Crippen LogP contribution < -0.4 is 0 Å². The fourth-order valence-corrected chi connectivity index (χ4v) is 0.601. The Morgan fingerprint density at radius 2 is 2.25 bits per heavy atom. The molecule has 0 aromatic rings. The summed E-state index contributed by atoms with van der Waals surface area (Å²) in [6, 6.07) is 0. The van der Waals surface area contributed by atoms with E-state index in [1.54, 1.807) is 0 Å². The molecule has 0 spiro atoms. The van der Waals surface area contributed by atoms with Gasteiger partial charge in [0.15, 0.2) is 0 Å². The number of alkyl halides is 1. The Labute approximate surface area is 60.5 Å². The lowest BCUT2D eigenvalue weighted by atomic mass is 10.3. The van der Waals surface area contributed by atoms with Crippen LogP contribution in [0, 0.1) is 0 Å². The van der Waals surface area contributed by atoms with E-state index < -0.39 is 0 Å². The summed E-state index contributed by atoms with van der Waals surface area (Å²) >= 11 is 11.3. The van der Waals surface area contributed by atoms with Gasteiger partial charge in [0.05, 0.1) is 5.38 Å². The second-order valence-electron chi connectivity index (χ2n) is 1.61. The lowest BCUT2D eigenvalue weighted by Crippen LogP contribution is -1.87. The number of allylic oxidation sites excluding steroid dienone is 2. The van der Waals surface area contributed by atoms with E-state index in [1.807, 2.05) is 19.9 Å². The number of hydrogen-bond acceptors (Lipinski definition) is 0. The van der Waals surface area contributed by atoms with Crippen molar-refractivity contribution >= 4 is 23.2 Å². The molecule has 0 saturated carbocycles. The van der Waals surface area contributed by atoms with Crippen molar-refractivity contribution in [2.24, 2.45) is 0 Å². The molecule has 2 heteroatoms. The van der Waals surface area contributed by atoms with Crippen LogP contribution in [0.3, 0.4) is 0 Å². The first-order valence-corrected chi connectivity index (χ1v) is 3.49. The van der Waals surface area contributed by atoms with Gasteiger partial charge in [0, 0.05) is 5.03 Å². The lowest BCUT2D eigenvalue weighted by Gasteiger charge is -1.96. The summed E-state index contributed by atoms with van der Waals surface area (Å²) in [4.78, 5) is 0. The quantitative estimate of drug-likeness (QED) is 0.534. The van der Waals surface area contributed by atoms with Crippen molar-refractivity contribution < 1.29 is 0 Å². The van der Waals surface area contributed by atoms with Gasteiger partial charge in [-0.2, -0.15) is 0 Å². The fraction of sp³-hybridized carbons (Fsp3) is 0.667. The Morgan fingerprint density at radius 1 is 1.75 bits per heavy atom. The van der Waals surface area contributed by atoms with Crippen LogP contribution in [-0.4, -0.2) is 5.38 Å². The average Bonchev–Trinajstić information content (AvgIpc) is 1.67. The molecule has 1 atom stereocenters. The Balaban J connectivity index is 3.61. The molecule has 0 bridgehead atoms. The van der Waals surface area contributed by atoms with Crippen LogP contribution in [0.4, 0.5) is 0 Å². The van der Waals surface area contributed by atoms with Gasteiger partial charge in [-0.25, -0.2) is 0 Å². The van der Waals surface area contributed by atoms with Crippen molar-refractivity contribution in [3.05, 3.63) is 11.1 Å². The Bertz CT molecular complexity index is 84.5. The number of halogens is 2. The smallest absolute Gasteiger partial charge is 0.0660 e. The van der Waals surface area contributed by atoms with E-state index in [4.69, 9.17) is 23.2 Å². The van der Waals surface area contributed by atoms with E-state index in [0.29, 0.717) is 0 Å². The fourth-order valence-electron chi connectivity index (χ4n) is 0.357. The molecule has 8 heavy (non-hydrogen) atoms. The molecule has 48 valence electrons. The van der Waals surface area contributed by atoms with Gasteiger partial charge in [-0.1, -0.05) is 24.6 Å². The van der Waals surface area contributed by atoms with Crippen LogP contribution in [0.1, 0.15) is 20.3 Å². The van der Waals surface area contributed by atoms with Crippen molar-refractivity contribution in [1.82, 2.24) is 0 Å². The topological polar surface area (TPSA) is 0 Å². The minimum absolute atomic E-state index is 0.0309. The molecule has 0 nitrogen and oxygen atoms in total. The third-order valence-corrected chi connectivity index (χ3v) is 1.61. The summed E-state index contributed by atoms with van der Waals surface area (Å²) in [6.07, 6.45) is 2.87. The maximum atomic E-state index is 5.65. The summed E-state index contributed by atoms with van der Waals surface area (Å²) in [5.41, 5.74) is 0. The zero-order chi connectivity index (χ0) is 6.57. The Morgan fingerprint density at radius 3 is 2.38 bits per heavy atom. The van der Waals surface area contributed by atoms with Gasteiger partial charge in [-0.3, -0.25) is 0 Å². The van der Waals surface area contributed by atoms with Crippen LogP contribution in [0.25, 0.3) is 0 Å². The molecule has 1 unspecified atom stereocenters. The molecule has 0 aliphatic heterocycles. The molecule has 0 rings (SSSR count). The van der Waals surface area contributed by atoms with E-state index >= 15 is 0 Å². The largest absolute Gasteiger partial charge is 0.117 e. The van der Waals surface area contributed by atoms with E-state index in [0.717, 1.165) is 11.5 Å². The number of hydrogen-bond donors (Lipinski definition) is 0. The van der Waals surface area contributed by atoms with Crippen molar-refractivity contribution in [3.63, 3.8) is 0 Å². The van der Waals surface area contributed by atoms with Gasteiger partial charge < -0.3 is 0 Å². The SMILES string of the molecule is CCC=C(Cl)C(C)Cl. The average molecular weight is 153 g/mol. The van der Waals surface area contributed by atoms with Gasteiger partial charge in [0.25, 0.3) is 0 Å². The standard InChI is InChI=1S/C6H10Cl2/c1-3-4-6(8)5(2)7/h4-5H,3H2,1-2H3. The van der Waals surface area contributed by atoms with Crippen LogP contribution in [0.5, 0.6) is 0 Å². The van der Waals surface area contributed by atoms with Crippen molar-refractivity contribution in [1.29, 1.82) is 0 Å². The second-order valence-corrected chi connectivity index (χ2v) is 2.70. The van der Waals surface area contributed by atoms with E-state index in [2.05, 4.69) is 0 Å². The molecule has 0 saturated heterocycles. The molecule has 0 heterocycles. The summed E-state index contributed by atoms with van der Waals surface area (Å²) in [7, 11) is 0. The first kappa shape index (κ1) is 8.32. The zero-order valence-electron chi connectivity index (χ0n) is 5.12. The predicted molar refractivity (Wildman–Crippen MR) is 39.5 cm³/mol. The first-order chi connectivity index (χ1) is 3.68. The third-order valence-electron chi connectivity index (χ3n) is 0.779. The normalized spacial score (nSPS) is 16.2. The zero-order valence-corrected chi connectivity index (χ0v) is 6.63. The molecule has 0 amide bonds. The van der Waals surface area contributed by atoms with Crippen molar-refractivity contribution in [2.75, 3.05) is 0 Å². The summed E-state index contributed by atoms with van der Waals surface area (Å²) in [6.45, 7) is 3.89. The van der Waals surface area contributed by atoms with E-state index in [9.17, 15) is 0 Å². The monoisotopic (exact) mass is 152 g/mol. The minimum Gasteiger partial charge on any atom is -0.117 e. The van der Waals surface area contributed by atoms with Gasteiger partial charge in [-0.15, -0.1) is 11.6 Å². The molecular formula is C6H10Cl2. The Hall–Kier alpha value is 0.320. The second kappa shape index (κ2) is 4.22. The van der Waals surface area contributed by atoms with Gasteiger partial charge in [0.1, 0.15) is 0 Å². The summed E-state index contributed by atoms with van der Waals surface area (Å²) in [5.74, 6) is 0. The number of rotatable bonds is 2. The van der Waals surface area contributed by atoms with Crippen LogP contribution in [0.2, 0.25) is 0 Å². The highest BCUT2D eigenvalue weighted by Gasteiger charge is 1.97. The van der Waals surface area contributed by atoms with Crippen LogP contribution in [-0.2, 0) is 0 Å². The molecule has 0 radical (unpaired) electrons. The molecule has 0 aromatic carbocycles. The summed E-state index contributed by atoms with van der Waals surface area (Å²) < 4.78 is 0. The molecular weight excluding hydrogens is 143 g/mol. The van der Waals surface area contributed by atoms with Crippen LogP contribution in [0.15, 0.2) is 11.1 Å².